The molecule has 1 fully saturated rings. The second-order valence-electron chi connectivity index (χ2n) is 6.60. The monoisotopic (exact) mass is 370 g/mol. The van der Waals surface area contributed by atoms with Gasteiger partial charge in [0.15, 0.2) is 11.6 Å². The molecule has 2 heterocycles. The van der Waals surface area contributed by atoms with Gasteiger partial charge in [0.1, 0.15) is 17.4 Å². The van der Waals surface area contributed by atoms with Crippen molar-refractivity contribution in [1.82, 2.24) is 15.1 Å². The molecule has 3 N–H and O–H groups in total. The van der Waals surface area contributed by atoms with Gasteiger partial charge in [0.25, 0.3) is 0 Å². The number of nitrogens with one attached hydrogen (secondary N) is 1. The fourth-order valence-corrected chi connectivity index (χ4v) is 3.26. The molecule has 1 aliphatic rings. The molecule has 2 aromatic carbocycles. The standard InChI is InChI=1S/C20H20F2N4O/c21-14-5-8-19(17(22)10-14)27-16-6-3-13(4-7-16)18-11-20(23)26(25-18)15-2-1-9-24-12-15/h3-8,10-11,15,24H,1-2,9,12,23H2. The number of piperidine rings is 1. The Bertz CT molecular complexity index is 934. The first-order valence-corrected chi connectivity index (χ1v) is 8.89. The maximum atomic E-state index is 13.7. The summed E-state index contributed by atoms with van der Waals surface area (Å²) in [6, 6.07) is 12.4. The SMILES string of the molecule is Nc1cc(-c2ccc(Oc3ccc(F)cc3F)cc2)nn1C1CCCNC1. The van der Waals surface area contributed by atoms with Gasteiger partial charge >= 0.3 is 0 Å². The van der Waals surface area contributed by atoms with Gasteiger partial charge in [0.05, 0.1) is 11.7 Å². The van der Waals surface area contributed by atoms with Crippen molar-refractivity contribution in [3.05, 3.63) is 60.2 Å². The Hall–Kier alpha value is -2.93. The van der Waals surface area contributed by atoms with Crippen LogP contribution in [0.5, 0.6) is 11.5 Å². The van der Waals surface area contributed by atoms with Gasteiger partial charge in [0.2, 0.25) is 0 Å². The lowest BCUT2D eigenvalue weighted by atomic mass is 10.1. The normalized spacial score (nSPS) is 17.0. The minimum Gasteiger partial charge on any atom is -0.454 e. The van der Waals surface area contributed by atoms with Crippen LogP contribution in [0, 0.1) is 11.6 Å². The third kappa shape index (κ3) is 3.78. The number of aromatic nitrogens is 2. The molecule has 0 bridgehead atoms. The van der Waals surface area contributed by atoms with Crippen LogP contribution >= 0.6 is 0 Å². The first-order valence-electron chi connectivity index (χ1n) is 8.89. The zero-order valence-corrected chi connectivity index (χ0v) is 14.7. The van der Waals surface area contributed by atoms with Crippen LogP contribution < -0.4 is 15.8 Å². The summed E-state index contributed by atoms with van der Waals surface area (Å²) in [7, 11) is 0. The van der Waals surface area contributed by atoms with Crippen LogP contribution in [0.4, 0.5) is 14.6 Å². The summed E-state index contributed by atoms with van der Waals surface area (Å²) < 4.78 is 34.0. The molecule has 5 nitrogen and oxygen atoms in total. The Morgan fingerprint density at radius 1 is 1.11 bits per heavy atom. The lowest BCUT2D eigenvalue weighted by Crippen LogP contribution is -2.32. The number of ether oxygens (including phenoxy) is 1. The zero-order chi connectivity index (χ0) is 18.8. The van der Waals surface area contributed by atoms with E-state index in [-0.39, 0.29) is 11.8 Å². The summed E-state index contributed by atoms with van der Waals surface area (Å²) in [6.07, 6.45) is 2.15. The van der Waals surface area contributed by atoms with Gasteiger partial charge in [-0.2, -0.15) is 5.10 Å². The number of hydrogen-bond donors (Lipinski definition) is 2. The largest absolute Gasteiger partial charge is 0.454 e. The van der Waals surface area contributed by atoms with Gasteiger partial charge < -0.3 is 15.8 Å². The van der Waals surface area contributed by atoms with E-state index in [0.29, 0.717) is 11.6 Å². The first kappa shape index (κ1) is 17.5. The predicted octanol–water partition coefficient (Wildman–Crippen LogP) is 4.13. The minimum atomic E-state index is -0.744. The Morgan fingerprint density at radius 3 is 2.63 bits per heavy atom. The second-order valence-corrected chi connectivity index (χ2v) is 6.60. The highest BCUT2D eigenvalue weighted by Crippen LogP contribution is 2.29. The third-order valence-corrected chi connectivity index (χ3v) is 4.65. The van der Waals surface area contributed by atoms with Gasteiger partial charge in [-0.15, -0.1) is 0 Å². The van der Waals surface area contributed by atoms with Crippen LogP contribution in [-0.2, 0) is 0 Å². The second kappa shape index (κ2) is 7.36. The Balaban J connectivity index is 1.52. The summed E-state index contributed by atoms with van der Waals surface area (Å²) in [5, 5.41) is 8.01. The molecular formula is C20H20F2N4O. The van der Waals surface area contributed by atoms with Crippen molar-refractivity contribution in [2.75, 3.05) is 18.8 Å². The maximum Gasteiger partial charge on any atom is 0.168 e. The fraction of sp³-hybridized carbons (Fsp3) is 0.250. The fourth-order valence-electron chi connectivity index (χ4n) is 3.26. The van der Waals surface area contributed by atoms with E-state index in [1.54, 1.807) is 12.1 Å². The average Bonchev–Trinajstić information content (AvgIpc) is 3.07. The lowest BCUT2D eigenvalue weighted by Gasteiger charge is -2.23. The molecule has 140 valence electrons. The van der Waals surface area contributed by atoms with E-state index in [9.17, 15) is 8.78 Å². The Labute approximate surface area is 155 Å². The quantitative estimate of drug-likeness (QED) is 0.725. The van der Waals surface area contributed by atoms with Crippen molar-refractivity contribution in [1.29, 1.82) is 0 Å². The molecule has 1 saturated heterocycles. The van der Waals surface area contributed by atoms with Crippen molar-refractivity contribution in [2.24, 2.45) is 0 Å². The van der Waals surface area contributed by atoms with Crippen molar-refractivity contribution in [3.63, 3.8) is 0 Å². The highest BCUT2D eigenvalue weighted by atomic mass is 19.1. The van der Waals surface area contributed by atoms with Crippen LogP contribution in [0.15, 0.2) is 48.5 Å². The molecule has 7 heteroatoms. The topological polar surface area (TPSA) is 65.1 Å². The highest BCUT2D eigenvalue weighted by Gasteiger charge is 2.19. The van der Waals surface area contributed by atoms with Gasteiger partial charge in [-0.1, -0.05) is 0 Å². The van der Waals surface area contributed by atoms with Crippen LogP contribution in [-0.4, -0.2) is 22.9 Å². The lowest BCUT2D eigenvalue weighted by molar-refractivity contribution is 0.351. The van der Waals surface area contributed by atoms with Crippen molar-refractivity contribution in [2.45, 2.75) is 18.9 Å². The Kier molecular flexibility index (Phi) is 4.77. The number of rotatable bonds is 4. The molecule has 4 rings (SSSR count). The van der Waals surface area contributed by atoms with Crippen LogP contribution in [0.3, 0.4) is 0 Å². The molecule has 1 unspecified atom stereocenters. The molecule has 0 saturated carbocycles. The number of nitrogens with two attached hydrogens (primary N) is 1. The number of nitrogens with zero attached hydrogens (tertiary/aromatic N) is 2. The summed E-state index contributed by atoms with van der Waals surface area (Å²) >= 11 is 0. The van der Waals surface area contributed by atoms with Crippen LogP contribution in [0.1, 0.15) is 18.9 Å². The molecule has 1 aliphatic heterocycles. The molecule has 0 amide bonds. The molecule has 27 heavy (non-hydrogen) atoms. The number of halogens is 2. The number of anilines is 1. The van der Waals surface area contributed by atoms with E-state index in [2.05, 4.69) is 10.4 Å². The van der Waals surface area contributed by atoms with E-state index in [4.69, 9.17) is 10.5 Å². The van der Waals surface area contributed by atoms with Gasteiger partial charge in [0, 0.05) is 24.2 Å². The van der Waals surface area contributed by atoms with Crippen LogP contribution in [0.2, 0.25) is 0 Å². The molecule has 0 radical (unpaired) electrons. The molecule has 1 atom stereocenters. The summed E-state index contributed by atoms with van der Waals surface area (Å²) in [4.78, 5) is 0. The molecule has 0 aliphatic carbocycles. The third-order valence-electron chi connectivity index (χ3n) is 4.65. The van der Waals surface area contributed by atoms with E-state index in [0.717, 1.165) is 49.3 Å². The summed E-state index contributed by atoms with van der Waals surface area (Å²) in [5.41, 5.74) is 7.81. The highest BCUT2D eigenvalue weighted by molar-refractivity contribution is 5.63. The molecule has 0 spiro atoms. The number of benzene rings is 2. The van der Waals surface area contributed by atoms with E-state index >= 15 is 0 Å². The van der Waals surface area contributed by atoms with Crippen LogP contribution in [0.25, 0.3) is 11.3 Å². The minimum absolute atomic E-state index is 0.0255. The van der Waals surface area contributed by atoms with E-state index in [1.807, 2.05) is 22.9 Å². The zero-order valence-electron chi connectivity index (χ0n) is 14.7. The van der Waals surface area contributed by atoms with Crippen molar-refractivity contribution >= 4 is 5.82 Å². The van der Waals surface area contributed by atoms with Crippen molar-refractivity contribution in [3.8, 4) is 22.8 Å². The molecular weight excluding hydrogens is 350 g/mol. The number of hydrogen-bond acceptors (Lipinski definition) is 4. The molecule has 3 aromatic rings. The van der Waals surface area contributed by atoms with Gasteiger partial charge in [-0.05, 0) is 55.8 Å². The smallest absolute Gasteiger partial charge is 0.168 e. The van der Waals surface area contributed by atoms with Crippen molar-refractivity contribution < 1.29 is 13.5 Å². The van der Waals surface area contributed by atoms with Gasteiger partial charge in [-0.3, -0.25) is 0 Å². The molecule has 1 aromatic heterocycles. The summed E-state index contributed by atoms with van der Waals surface area (Å²) in [6.45, 7) is 1.89. The predicted molar refractivity (Wildman–Crippen MR) is 99.6 cm³/mol. The van der Waals surface area contributed by atoms with Gasteiger partial charge in [-0.25, -0.2) is 13.5 Å². The van der Waals surface area contributed by atoms with E-state index < -0.39 is 11.6 Å². The Morgan fingerprint density at radius 2 is 1.93 bits per heavy atom. The average molecular weight is 370 g/mol. The summed E-state index contributed by atoms with van der Waals surface area (Å²) in [5.74, 6) is -0.328. The van der Waals surface area contributed by atoms with E-state index in [1.165, 1.54) is 6.07 Å². The number of nitrogen functional groups attached to an aromatic ring is 1. The first-order chi connectivity index (χ1) is 13.1. The maximum absolute atomic E-state index is 13.7.